The Bertz CT molecular complexity index is 1250. The first-order valence-corrected chi connectivity index (χ1v) is 11.6. The molecule has 33 heavy (non-hydrogen) atoms. The summed E-state index contributed by atoms with van der Waals surface area (Å²) >= 11 is 12.4. The van der Waals surface area contributed by atoms with Crippen molar-refractivity contribution in [2.24, 2.45) is 5.16 Å². The molecular formula is C26H24Cl2N2O3. The van der Waals surface area contributed by atoms with Crippen molar-refractivity contribution < 1.29 is 14.4 Å². The van der Waals surface area contributed by atoms with Crippen LogP contribution in [-0.2, 0) is 15.2 Å². The smallest absolute Gasteiger partial charge is 0.220 e. The molecule has 0 bridgehead atoms. The standard InChI is InChI=1S/C26H24Cl2N2O3/c1-3-29-25(32)11-10-24(31)22-9-8-21(19-6-4-5-7-20(19)22)23-15-26(2,33-30-23)16-12-17(27)14-18(28)13-16/h4-9,12-14H,3,10-11,15H2,1-2H3,(H,29,32)/t26-/m0/s1. The number of amides is 1. The van der Waals surface area contributed by atoms with Crippen molar-refractivity contribution in [3.8, 4) is 0 Å². The first kappa shape index (κ1) is 23.3. The summed E-state index contributed by atoms with van der Waals surface area (Å²) in [6, 6.07) is 16.8. The van der Waals surface area contributed by atoms with Crippen molar-refractivity contribution in [3.05, 3.63) is 81.3 Å². The van der Waals surface area contributed by atoms with Crippen LogP contribution in [0.4, 0.5) is 0 Å². The molecule has 0 aromatic heterocycles. The Morgan fingerprint density at radius 2 is 1.73 bits per heavy atom. The van der Waals surface area contributed by atoms with Crippen LogP contribution in [0.15, 0.2) is 59.8 Å². The number of benzene rings is 3. The first-order chi connectivity index (χ1) is 15.8. The highest BCUT2D eigenvalue weighted by molar-refractivity contribution is 6.34. The van der Waals surface area contributed by atoms with Gasteiger partial charge < -0.3 is 10.2 Å². The Morgan fingerprint density at radius 1 is 1.03 bits per heavy atom. The van der Waals surface area contributed by atoms with E-state index in [1.807, 2.05) is 62.4 Å². The molecule has 0 saturated carbocycles. The largest absolute Gasteiger partial charge is 0.384 e. The summed E-state index contributed by atoms with van der Waals surface area (Å²) in [7, 11) is 0. The Kier molecular flexibility index (Phi) is 6.73. The van der Waals surface area contributed by atoms with Crippen molar-refractivity contribution in [3.63, 3.8) is 0 Å². The number of nitrogens with one attached hydrogen (secondary N) is 1. The fraction of sp³-hybridized carbons (Fsp3) is 0.269. The Morgan fingerprint density at radius 3 is 2.42 bits per heavy atom. The van der Waals surface area contributed by atoms with Gasteiger partial charge in [-0.1, -0.05) is 64.8 Å². The van der Waals surface area contributed by atoms with E-state index in [1.54, 1.807) is 6.07 Å². The summed E-state index contributed by atoms with van der Waals surface area (Å²) in [4.78, 5) is 30.6. The lowest BCUT2D eigenvalue weighted by atomic mass is 9.87. The van der Waals surface area contributed by atoms with Crippen LogP contribution in [0.3, 0.4) is 0 Å². The van der Waals surface area contributed by atoms with Crippen molar-refractivity contribution in [1.82, 2.24) is 5.32 Å². The lowest BCUT2D eigenvalue weighted by Gasteiger charge is -2.22. The Hall–Kier alpha value is -2.89. The minimum absolute atomic E-state index is 0.0629. The maximum absolute atomic E-state index is 12.9. The molecule has 1 amide bonds. The number of fused-ring (bicyclic) bond motifs is 1. The lowest BCUT2D eigenvalue weighted by molar-refractivity contribution is -0.120. The molecular weight excluding hydrogens is 459 g/mol. The van der Waals surface area contributed by atoms with Crippen LogP contribution < -0.4 is 5.32 Å². The summed E-state index contributed by atoms with van der Waals surface area (Å²) in [5, 5.41) is 9.94. The highest BCUT2D eigenvalue weighted by Gasteiger charge is 2.37. The molecule has 1 atom stereocenters. The molecule has 0 saturated heterocycles. The van der Waals surface area contributed by atoms with Crippen LogP contribution in [0.5, 0.6) is 0 Å². The summed E-state index contributed by atoms with van der Waals surface area (Å²) in [5.74, 6) is -0.184. The van der Waals surface area contributed by atoms with Crippen LogP contribution in [0, 0.1) is 0 Å². The fourth-order valence-electron chi connectivity index (χ4n) is 4.14. The zero-order chi connectivity index (χ0) is 23.6. The fourth-order valence-corrected chi connectivity index (χ4v) is 4.67. The molecule has 1 N–H and O–H groups in total. The average Bonchev–Trinajstić information content (AvgIpc) is 3.19. The molecule has 0 radical (unpaired) electrons. The van der Waals surface area contributed by atoms with Gasteiger partial charge in [0.2, 0.25) is 5.91 Å². The summed E-state index contributed by atoms with van der Waals surface area (Å²) in [5.41, 5.74) is 2.43. The predicted molar refractivity (Wildman–Crippen MR) is 132 cm³/mol. The molecule has 1 aliphatic rings. The molecule has 0 spiro atoms. The molecule has 5 nitrogen and oxygen atoms in total. The van der Waals surface area contributed by atoms with Crippen molar-refractivity contribution in [1.29, 1.82) is 0 Å². The number of halogens is 2. The maximum Gasteiger partial charge on any atom is 0.220 e. The molecule has 170 valence electrons. The van der Waals surface area contributed by atoms with Crippen LogP contribution in [-0.4, -0.2) is 23.9 Å². The van der Waals surface area contributed by atoms with Crippen LogP contribution in [0.2, 0.25) is 10.0 Å². The normalized spacial score (nSPS) is 17.5. The molecule has 1 aliphatic heterocycles. The Balaban J connectivity index is 1.63. The first-order valence-electron chi connectivity index (χ1n) is 10.8. The van der Waals surface area contributed by atoms with Gasteiger partial charge in [0, 0.05) is 52.5 Å². The molecule has 3 aromatic rings. The number of rotatable bonds is 7. The number of carbonyl (C=O) groups excluding carboxylic acids is 2. The summed E-state index contributed by atoms with van der Waals surface area (Å²) in [6.07, 6.45) is 0.856. The van der Waals surface area contributed by atoms with E-state index >= 15 is 0 Å². The van der Waals surface area contributed by atoms with Crippen LogP contribution >= 0.6 is 23.2 Å². The second kappa shape index (κ2) is 9.54. The van der Waals surface area contributed by atoms with E-state index in [9.17, 15) is 9.59 Å². The zero-order valence-electron chi connectivity index (χ0n) is 18.5. The third-order valence-electron chi connectivity index (χ3n) is 5.82. The van der Waals surface area contributed by atoms with Gasteiger partial charge in [-0.2, -0.15) is 0 Å². The van der Waals surface area contributed by atoms with Gasteiger partial charge in [0.25, 0.3) is 0 Å². The van der Waals surface area contributed by atoms with Gasteiger partial charge in [-0.25, -0.2) is 0 Å². The molecule has 4 rings (SSSR count). The molecule has 0 aliphatic carbocycles. The van der Waals surface area contributed by atoms with E-state index in [0.29, 0.717) is 28.6 Å². The monoisotopic (exact) mass is 482 g/mol. The highest BCUT2D eigenvalue weighted by atomic mass is 35.5. The van der Waals surface area contributed by atoms with Gasteiger partial charge in [-0.3, -0.25) is 9.59 Å². The van der Waals surface area contributed by atoms with Gasteiger partial charge in [0.1, 0.15) is 0 Å². The zero-order valence-corrected chi connectivity index (χ0v) is 20.0. The number of hydrogen-bond donors (Lipinski definition) is 1. The van der Waals surface area contributed by atoms with Gasteiger partial charge in [0.15, 0.2) is 11.4 Å². The van der Waals surface area contributed by atoms with Crippen molar-refractivity contribution in [2.45, 2.75) is 38.7 Å². The van der Waals surface area contributed by atoms with Gasteiger partial charge in [-0.15, -0.1) is 0 Å². The molecule has 1 heterocycles. The minimum atomic E-state index is -0.702. The van der Waals surface area contributed by atoms with Gasteiger partial charge in [0.05, 0.1) is 5.71 Å². The number of ketones is 1. The van der Waals surface area contributed by atoms with E-state index in [0.717, 1.165) is 27.6 Å². The topological polar surface area (TPSA) is 67.8 Å². The average molecular weight is 483 g/mol. The number of oxime groups is 1. The van der Waals surface area contributed by atoms with E-state index in [-0.39, 0.29) is 24.5 Å². The quantitative estimate of drug-likeness (QED) is 0.402. The minimum Gasteiger partial charge on any atom is -0.384 e. The van der Waals surface area contributed by atoms with E-state index in [2.05, 4.69) is 10.5 Å². The number of nitrogens with zero attached hydrogens (tertiary/aromatic N) is 1. The third-order valence-corrected chi connectivity index (χ3v) is 6.26. The second-order valence-electron chi connectivity index (χ2n) is 8.28. The Labute approximate surface area is 202 Å². The summed E-state index contributed by atoms with van der Waals surface area (Å²) < 4.78 is 0. The van der Waals surface area contributed by atoms with Gasteiger partial charge >= 0.3 is 0 Å². The van der Waals surface area contributed by atoms with E-state index < -0.39 is 5.60 Å². The highest BCUT2D eigenvalue weighted by Crippen LogP contribution is 2.39. The predicted octanol–water partition coefficient (Wildman–Crippen LogP) is 6.29. The molecule has 0 unspecified atom stereocenters. The summed E-state index contributed by atoms with van der Waals surface area (Å²) in [6.45, 7) is 4.36. The van der Waals surface area contributed by atoms with Crippen LogP contribution in [0.1, 0.15) is 54.6 Å². The maximum atomic E-state index is 12.9. The number of carbonyl (C=O) groups is 2. The van der Waals surface area contributed by atoms with Crippen molar-refractivity contribution in [2.75, 3.05) is 6.54 Å². The third kappa shape index (κ3) is 4.90. The van der Waals surface area contributed by atoms with E-state index in [1.165, 1.54) is 0 Å². The SMILES string of the molecule is CCNC(=O)CCC(=O)c1ccc(C2=NO[C@](C)(c3cc(Cl)cc(Cl)c3)C2)c2ccccc12. The second-order valence-corrected chi connectivity index (χ2v) is 9.15. The molecule has 0 fully saturated rings. The molecule has 3 aromatic carbocycles. The van der Waals surface area contributed by atoms with Crippen molar-refractivity contribution >= 4 is 51.4 Å². The van der Waals surface area contributed by atoms with Crippen LogP contribution in [0.25, 0.3) is 10.8 Å². The lowest BCUT2D eigenvalue weighted by Crippen LogP contribution is -2.23. The van der Waals surface area contributed by atoms with Gasteiger partial charge in [-0.05, 0) is 42.8 Å². The van der Waals surface area contributed by atoms with E-state index in [4.69, 9.17) is 28.0 Å². The number of hydrogen-bond acceptors (Lipinski definition) is 4. The number of Topliss-reactive ketones (excluding diaryl/α,β-unsaturated/α-hetero) is 1. The molecule has 7 heteroatoms.